The van der Waals surface area contributed by atoms with E-state index >= 15 is 0 Å². The Kier molecular flexibility index (Phi) is 9.83. The van der Waals surface area contributed by atoms with Crippen molar-refractivity contribution in [2.24, 2.45) is 0 Å². The third-order valence-corrected chi connectivity index (χ3v) is 2.15. The second kappa shape index (κ2) is 8.00. The molecule has 0 bridgehead atoms. The molecule has 0 aliphatic carbocycles. The minimum atomic E-state index is -3.95. The maximum absolute atomic E-state index is 10.2. The fourth-order valence-corrected chi connectivity index (χ4v) is 1.08. The fourth-order valence-electron chi connectivity index (χ4n) is 0.597. The average molecular weight is 238 g/mol. The maximum Gasteiger partial charge on any atom is 1.00 e. The third-order valence-electron chi connectivity index (χ3n) is 1.35. The van der Waals surface area contributed by atoms with Gasteiger partial charge in [0.05, 0.1) is 5.75 Å². The molecule has 0 amide bonds. The van der Waals surface area contributed by atoms with E-state index in [0.29, 0.717) is 0 Å². The standard InChI is InChI=1S/C6H14O6S.Na.H/c1-5(6(7)8)12-3-2-4-13(9,10)11;;/h5-8H,2-4H2,1H3,(H,9,10,11);;/q;+1;-1. The molecular formula is C6H15NaO6S. The fraction of sp³-hybridized carbons (Fsp3) is 1.00. The first-order chi connectivity index (χ1) is 5.83. The van der Waals surface area contributed by atoms with Crippen molar-refractivity contribution in [2.45, 2.75) is 25.7 Å². The molecule has 0 aromatic carbocycles. The van der Waals surface area contributed by atoms with Crippen molar-refractivity contribution in [1.29, 1.82) is 0 Å². The number of hydrogen-bond acceptors (Lipinski definition) is 5. The van der Waals surface area contributed by atoms with Gasteiger partial charge in [0.2, 0.25) is 0 Å². The quantitative estimate of drug-likeness (QED) is 0.189. The van der Waals surface area contributed by atoms with E-state index in [-0.39, 0.29) is 49.8 Å². The van der Waals surface area contributed by atoms with Gasteiger partial charge in [-0.2, -0.15) is 8.42 Å². The van der Waals surface area contributed by atoms with Gasteiger partial charge in [0, 0.05) is 6.61 Å². The molecule has 0 saturated heterocycles. The molecule has 82 valence electrons. The second-order valence-electron chi connectivity index (χ2n) is 2.63. The van der Waals surface area contributed by atoms with E-state index in [2.05, 4.69) is 0 Å². The van der Waals surface area contributed by atoms with E-state index in [4.69, 9.17) is 19.5 Å². The van der Waals surface area contributed by atoms with Crippen LogP contribution in [0.15, 0.2) is 0 Å². The van der Waals surface area contributed by atoms with Crippen LogP contribution in [0.4, 0.5) is 0 Å². The van der Waals surface area contributed by atoms with Crippen LogP contribution < -0.4 is 29.6 Å². The zero-order valence-electron chi connectivity index (χ0n) is 9.25. The van der Waals surface area contributed by atoms with Crippen LogP contribution in [-0.4, -0.2) is 47.9 Å². The summed E-state index contributed by atoms with van der Waals surface area (Å²) in [6.07, 6.45) is -2.22. The molecule has 1 unspecified atom stereocenters. The second-order valence-corrected chi connectivity index (χ2v) is 4.20. The van der Waals surface area contributed by atoms with Gasteiger partial charge in [0.15, 0.2) is 6.29 Å². The monoisotopic (exact) mass is 238 g/mol. The van der Waals surface area contributed by atoms with E-state index in [1.54, 1.807) is 0 Å². The first-order valence-corrected chi connectivity index (χ1v) is 5.37. The molecule has 14 heavy (non-hydrogen) atoms. The molecule has 0 aliphatic rings. The van der Waals surface area contributed by atoms with Gasteiger partial charge >= 0.3 is 29.6 Å². The van der Waals surface area contributed by atoms with Crippen molar-refractivity contribution in [3.05, 3.63) is 0 Å². The Morgan fingerprint density at radius 1 is 1.43 bits per heavy atom. The maximum atomic E-state index is 10.2. The average Bonchev–Trinajstić information content (AvgIpc) is 1.95. The van der Waals surface area contributed by atoms with E-state index in [0.717, 1.165) is 0 Å². The Labute approximate surface area is 107 Å². The van der Waals surface area contributed by atoms with Gasteiger partial charge in [-0.25, -0.2) is 0 Å². The Bertz CT molecular complexity index is 232. The van der Waals surface area contributed by atoms with Crippen molar-refractivity contribution in [3.8, 4) is 0 Å². The molecule has 0 spiro atoms. The number of aliphatic hydroxyl groups is 2. The number of aliphatic hydroxyl groups excluding tert-OH is 1. The number of ether oxygens (including phenoxy) is 1. The zero-order chi connectivity index (χ0) is 10.5. The summed E-state index contributed by atoms with van der Waals surface area (Å²) >= 11 is 0. The molecule has 0 saturated carbocycles. The van der Waals surface area contributed by atoms with Gasteiger partial charge in [0.1, 0.15) is 6.10 Å². The van der Waals surface area contributed by atoms with E-state index in [1.807, 2.05) is 0 Å². The molecule has 6 nitrogen and oxygen atoms in total. The van der Waals surface area contributed by atoms with Crippen LogP contribution in [0, 0.1) is 0 Å². The summed E-state index contributed by atoms with van der Waals surface area (Å²) in [5, 5.41) is 17.1. The molecule has 8 heteroatoms. The van der Waals surface area contributed by atoms with E-state index in [9.17, 15) is 8.42 Å². The normalized spacial score (nSPS) is 13.8. The predicted molar refractivity (Wildman–Crippen MR) is 45.8 cm³/mol. The predicted octanol–water partition coefficient (Wildman–Crippen LogP) is -3.90. The Balaban J connectivity index is -0.000000720. The van der Waals surface area contributed by atoms with Crippen molar-refractivity contribution >= 4 is 10.1 Å². The van der Waals surface area contributed by atoms with Crippen molar-refractivity contribution < 1.29 is 58.9 Å². The van der Waals surface area contributed by atoms with Crippen LogP contribution in [0.2, 0.25) is 0 Å². The summed E-state index contributed by atoms with van der Waals surface area (Å²) in [7, 11) is -3.95. The largest absolute Gasteiger partial charge is 1.00 e. The van der Waals surface area contributed by atoms with Crippen LogP contribution >= 0.6 is 0 Å². The van der Waals surface area contributed by atoms with Crippen LogP contribution in [0.25, 0.3) is 0 Å². The molecule has 0 aliphatic heterocycles. The van der Waals surface area contributed by atoms with Crippen LogP contribution in [0.1, 0.15) is 14.8 Å². The van der Waals surface area contributed by atoms with Crippen molar-refractivity contribution in [1.82, 2.24) is 0 Å². The minimum Gasteiger partial charge on any atom is -1.00 e. The Morgan fingerprint density at radius 2 is 1.93 bits per heavy atom. The van der Waals surface area contributed by atoms with Crippen LogP contribution in [-0.2, 0) is 14.9 Å². The molecule has 3 N–H and O–H groups in total. The molecule has 1 atom stereocenters. The topological polar surface area (TPSA) is 104 Å². The van der Waals surface area contributed by atoms with Crippen molar-refractivity contribution in [2.75, 3.05) is 12.4 Å². The molecule has 0 fully saturated rings. The van der Waals surface area contributed by atoms with Gasteiger partial charge in [-0.1, -0.05) is 0 Å². The molecular weight excluding hydrogens is 223 g/mol. The summed E-state index contributed by atoms with van der Waals surface area (Å²) in [5.74, 6) is -0.388. The van der Waals surface area contributed by atoms with Gasteiger partial charge in [-0.3, -0.25) is 4.55 Å². The summed E-state index contributed by atoms with van der Waals surface area (Å²) in [6, 6.07) is 0. The van der Waals surface area contributed by atoms with Crippen LogP contribution in [0.3, 0.4) is 0 Å². The zero-order valence-corrected chi connectivity index (χ0v) is 11.1. The Morgan fingerprint density at radius 3 is 2.29 bits per heavy atom. The summed E-state index contributed by atoms with van der Waals surface area (Å²) in [4.78, 5) is 0. The third kappa shape index (κ3) is 10.9. The Hall–Kier alpha value is 0.790. The summed E-state index contributed by atoms with van der Waals surface area (Å²) < 4.78 is 33.6. The SMILES string of the molecule is CC(OCCCS(=O)(=O)O)C(O)O.[H-].[Na+]. The van der Waals surface area contributed by atoms with Gasteiger partial charge in [-0.15, -0.1) is 0 Å². The minimum absolute atomic E-state index is 0. The molecule has 0 radical (unpaired) electrons. The molecule has 0 rings (SSSR count). The summed E-state index contributed by atoms with van der Waals surface area (Å²) in [6.45, 7) is 1.50. The van der Waals surface area contributed by atoms with Gasteiger partial charge in [0.25, 0.3) is 10.1 Å². The first kappa shape index (κ1) is 17.2. The first-order valence-electron chi connectivity index (χ1n) is 3.76. The molecule has 0 aromatic heterocycles. The molecule has 0 aromatic rings. The van der Waals surface area contributed by atoms with Gasteiger partial charge in [-0.05, 0) is 13.3 Å². The summed E-state index contributed by atoms with van der Waals surface area (Å²) in [5.41, 5.74) is 0. The smallest absolute Gasteiger partial charge is 1.00 e. The number of rotatable bonds is 6. The number of hydrogen-bond donors (Lipinski definition) is 3. The van der Waals surface area contributed by atoms with E-state index in [1.165, 1.54) is 6.92 Å². The molecule has 0 heterocycles. The van der Waals surface area contributed by atoms with Crippen LogP contribution in [0.5, 0.6) is 0 Å². The van der Waals surface area contributed by atoms with Crippen molar-refractivity contribution in [3.63, 3.8) is 0 Å². The van der Waals surface area contributed by atoms with Gasteiger partial charge < -0.3 is 16.4 Å². The van der Waals surface area contributed by atoms with E-state index < -0.39 is 22.5 Å².